The molecule has 19 atom stereocenters. The second-order valence-electron chi connectivity index (χ2n) is 20.6. The summed E-state index contributed by atoms with van der Waals surface area (Å²) in [7, 11) is 0. The van der Waals surface area contributed by atoms with Crippen LogP contribution in [0.15, 0.2) is 11.6 Å². The minimum absolute atomic E-state index is 0. The number of aliphatic hydroxyl groups excluding tert-OH is 5. The van der Waals surface area contributed by atoms with Gasteiger partial charge in [-0.1, -0.05) is 47.1 Å². The number of aliphatic hydroxyl groups is 5. The van der Waals surface area contributed by atoms with Crippen LogP contribution in [0.4, 0.5) is 0 Å². The van der Waals surface area contributed by atoms with E-state index in [2.05, 4.69) is 27.7 Å². The molecule has 60 heavy (non-hydrogen) atoms. The van der Waals surface area contributed by atoms with Crippen molar-refractivity contribution in [3.05, 3.63) is 11.6 Å². The lowest BCUT2D eigenvalue weighted by Crippen LogP contribution is -2.68. The number of carboxylic acids is 3. The molecule has 7 aliphatic rings. The molecule has 3 unspecified atom stereocenters. The maximum Gasteiger partial charge on any atom is 0.335 e. The van der Waals surface area contributed by atoms with Crippen LogP contribution in [-0.4, -0.2) is 132 Å². The molecule has 0 amide bonds. The number of ether oxygens (including phenoxy) is 4. The van der Waals surface area contributed by atoms with E-state index in [1.54, 1.807) is 0 Å². The number of fused-ring (bicyclic) bond motifs is 7. The average Bonchev–Trinajstić information content (AvgIpc) is 3.13. The summed E-state index contributed by atoms with van der Waals surface area (Å²) in [6, 6.07) is 0. The van der Waals surface area contributed by atoms with Crippen molar-refractivity contribution in [2.45, 2.75) is 174 Å². The largest absolute Gasteiger partial charge is 0.481 e. The zero-order valence-electron chi connectivity index (χ0n) is 36.4. The van der Waals surface area contributed by atoms with Gasteiger partial charge in [0.15, 0.2) is 30.6 Å². The predicted molar refractivity (Wildman–Crippen MR) is 211 cm³/mol. The molecule has 6 fully saturated rings. The van der Waals surface area contributed by atoms with Gasteiger partial charge in [-0.2, -0.15) is 0 Å². The summed E-state index contributed by atoms with van der Waals surface area (Å²) >= 11 is 0. The molecule has 2 heterocycles. The van der Waals surface area contributed by atoms with Crippen molar-refractivity contribution in [2.75, 3.05) is 0 Å². The summed E-state index contributed by atoms with van der Waals surface area (Å²) in [6.07, 6.45) is -12.2. The van der Waals surface area contributed by atoms with E-state index in [0.29, 0.717) is 25.7 Å². The molecule has 0 radical (unpaired) electrons. The summed E-state index contributed by atoms with van der Waals surface area (Å²) in [5, 5.41) is 83.0. The zero-order valence-corrected chi connectivity index (χ0v) is 36.4. The number of hydrogen-bond acceptors (Lipinski definition) is 13. The molecule has 2 saturated heterocycles. The van der Waals surface area contributed by atoms with E-state index in [-0.39, 0.29) is 46.7 Å². The zero-order chi connectivity index (χ0) is 42.9. The molecule has 0 aromatic heterocycles. The van der Waals surface area contributed by atoms with E-state index in [1.165, 1.54) is 0 Å². The van der Waals surface area contributed by atoms with Gasteiger partial charge in [-0.3, -0.25) is 9.59 Å². The Morgan fingerprint density at radius 2 is 1.25 bits per heavy atom. The van der Waals surface area contributed by atoms with E-state index in [1.807, 2.05) is 26.8 Å². The Morgan fingerprint density at radius 1 is 0.683 bits per heavy atom. The molecule has 7 rings (SSSR count). The van der Waals surface area contributed by atoms with Crippen LogP contribution in [-0.2, 0) is 38.1 Å². The van der Waals surface area contributed by atoms with Gasteiger partial charge in [-0.15, -0.1) is 0 Å². The number of quaternary nitrogens is 2. The average molecular weight is 859 g/mol. The van der Waals surface area contributed by atoms with Crippen molar-refractivity contribution in [3.63, 3.8) is 0 Å². The summed E-state index contributed by atoms with van der Waals surface area (Å²) in [6.45, 7) is 14.8. The number of carbonyl (C=O) groups is 4. The number of aliphatic carboxylic acids is 3. The Labute approximate surface area is 350 Å². The first-order valence-corrected chi connectivity index (χ1v) is 20.7. The Hall–Kier alpha value is -2.62. The number of carbonyl (C=O) groups excluding carboxylic acids is 1. The highest BCUT2D eigenvalue weighted by Crippen LogP contribution is 2.75. The van der Waals surface area contributed by atoms with E-state index in [4.69, 9.17) is 18.9 Å². The Balaban J connectivity index is 0.00000341. The van der Waals surface area contributed by atoms with Crippen molar-refractivity contribution < 1.29 is 79.0 Å². The highest BCUT2D eigenvalue weighted by Gasteiger charge is 2.71. The SMILES string of the molecule is CC1(C)C2CC[C@]3(C)C(C(=O)C=C4C5C[C@@](C)(C(=O)O)CC[C@]5(C)CC[C@]43C)[C@@]2(C)CC[C@@H]1O[C@H]1O[C@H](C(=O)O)[C@@H](O)[C@H](O)[C@H]1O[C@@H]1O[C@H](C(=O)O)[C@@H](O)[C@H](O)[C@H]1O.[NH4+].[NH4+]. The minimum atomic E-state index is -2.05. The summed E-state index contributed by atoms with van der Waals surface area (Å²) in [4.78, 5) is 51.3. The summed E-state index contributed by atoms with van der Waals surface area (Å²) in [5.74, 6) is -4.47. The molecule has 18 heteroatoms. The maximum absolute atomic E-state index is 14.8. The third-order valence-electron chi connectivity index (χ3n) is 17.2. The molecule has 0 spiro atoms. The van der Waals surface area contributed by atoms with Gasteiger partial charge < -0.3 is 72.1 Å². The maximum atomic E-state index is 14.8. The molecule has 0 aromatic rings. The van der Waals surface area contributed by atoms with Crippen molar-refractivity contribution in [1.82, 2.24) is 12.3 Å². The molecular weight excluding hydrogens is 788 g/mol. The van der Waals surface area contributed by atoms with Crippen molar-refractivity contribution in [2.24, 2.45) is 50.2 Å². The van der Waals surface area contributed by atoms with Gasteiger partial charge in [0.2, 0.25) is 0 Å². The minimum Gasteiger partial charge on any atom is -0.481 e. The topological polar surface area (TPSA) is 340 Å². The smallest absolute Gasteiger partial charge is 0.335 e. The molecule has 16 N–H and O–H groups in total. The van der Waals surface area contributed by atoms with E-state index in [9.17, 15) is 60.0 Å². The number of carboxylic acid groups (broad SMARTS) is 3. The van der Waals surface area contributed by atoms with Crippen LogP contribution < -0.4 is 12.3 Å². The van der Waals surface area contributed by atoms with Crippen LogP contribution in [0.5, 0.6) is 0 Å². The highest BCUT2D eigenvalue weighted by atomic mass is 16.8. The second-order valence-corrected chi connectivity index (χ2v) is 20.6. The number of ketones is 1. The molecular formula is C42H70N2O16+2. The third-order valence-corrected chi connectivity index (χ3v) is 17.2. The molecule has 5 aliphatic carbocycles. The van der Waals surface area contributed by atoms with Crippen molar-refractivity contribution in [1.29, 1.82) is 0 Å². The quantitative estimate of drug-likeness (QED) is 0.165. The number of allylic oxidation sites excluding steroid dienone is 2. The van der Waals surface area contributed by atoms with Crippen molar-refractivity contribution in [3.8, 4) is 0 Å². The summed E-state index contributed by atoms with van der Waals surface area (Å²) < 4.78 is 23.4. The number of rotatable bonds is 7. The Bertz CT molecular complexity index is 1740. The van der Waals surface area contributed by atoms with Gasteiger partial charge in [-0.25, -0.2) is 9.59 Å². The fourth-order valence-corrected chi connectivity index (χ4v) is 13.4. The van der Waals surface area contributed by atoms with Gasteiger partial charge in [-0.05, 0) is 110 Å². The first-order valence-electron chi connectivity index (χ1n) is 20.7. The normalized spacial score (nSPS) is 50.8. The molecule has 342 valence electrons. The third kappa shape index (κ3) is 6.96. The van der Waals surface area contributed by atoms with Crippen LogP contribution in [0, 0.1) is 50.2 Å². The van der Waals surface area contributed by atoms with Gasteiger partial charge in [0.1, 0.15) is 36.6 Å². The van der Waals surface area contributed by atoms with Crippen molar-refractivity contribution >= 4 is 23.7 Å². The lowest BCUT2D eigenvalue weighted by atomic mass is 9.33. The van der Waals surface area contributed by atoms with Crippen LogP contribution in [0.2, 0.25) is 0 Å². The first kappa shape index (κ1) is 48.4. The molecule has 0 bridgehead atoms. The van der Waals surface area contributed by atoms with E-state index in [0.717, 1.165) is 37.7 Å². The van der Waals surface area contributed by atoms with Crippen LogP contribution >= 0.6 is 0 Å². The monoisotopic (exact) mass is 858 g/mol. The predicted octanol–water partition coefficient (Wildman–Crippen LogP) is 3.00. The Morgan fingerprint density at radius 3 is 1.83 bits per heavy atom. The van der Waals surface area contributed by atoms with Gasteiger partial charge >= 0.3 is 17.9 Å². The van der Waals surface area contributed by atoms with Crippen LogP contribution in [0.25, 0.3) is 0 Å². The van der Waals surface area contributed by atoms with Crippen LogP contribution in [0.1, 0.15) is 106 Å². The lowest BCUT2D eigenvalue weighted by molar-refractivity contribution is -0.371. The molecule has 18 nitrogen and oxygen atoms in total. The standard InChI is InChI=1S/C42H62O16.2H3N/c1-37(2)21-8-11-42(7)31(20(43)16-18-19-17-39(4,36(53)54)13-12-38(19,3)14-15-41(18,42)6)40(21,5)10-9-22(37)55-35-30(26(47)25(46)29(57-35)33(51)52)58-34-27(48)23(44)24(45)28(56-34)32(49)50;;/h16,19,21-31,34-35,44-48H,8-15,17H2,1-7H3,(H,49,50)(H,51,52)(H,53,54);2*1H3/p+2/t19?,21?,22-,23-,24-,25-,26-,27+,28-,29-,30+,31?,34-,35-,38+,39-,40-,41+,42+;;/m0../s1. The van der Waals surface area contributed by atoms with E-state index >= 15 is 0 Å². The first-order chi connectivity index (χ1) is 26.8. The van der Waals surface area contributed by atoms with Gasteiger partial charge in [0.25, 0.3) is 0 Å². The molecule has 4 saturated carbocycles. The Kier molecular flexibility index (Phi) is 12.8. The molecule has 0 aromatic carbocycles. The number of hydrogen-bond donors (Lipinski definition) is 10. The summed E-state index contributed by atoms with van der Waals surface area (Å²) in [5.41, 5.74) is -1.81. The molecule has 2 aliphatic heterocycles. The van der Waals surface area contributed by atoms with Crippen LogP contribution in [0.3, 0.4) is 0 Å². The fraction of sp³-hybridized carbons (Fsp3) is 0.857. The van der Waals surface area contributed by atoms with Gasteiger partial charge in [0.05, 0.1) is 11.5 Å². The highest BCUT2D eigenvalue weighted by molar-refractivity contribution is 5.95. The lowest BCUT2D eigenvalue weighted by Gasteiger charge is -2.70. The fourth-order valence-electron chi connectivity index (χ4n) is 13.4. The van der Waals surface area contributed by atoms with E-state index < -0.39 is 107 Å². The second kappa shape index (κ2) is 15.9. The van der Waals surface area contributed by atoms with Gasteiger partial charge in [0, 0.05) is 5.92 Å².